The molecule has 0 unspecified atom stereocenters. The molecule has 5 nitrogen and oxygen atoms in total. The molecule has 1 heterocycles. The van der Waals surface area contributed by atoms with E-state index in [2.05, 4.69) is 0 Å². The van der Waals surface area contributed by atoms with E-state index in [0.29, 0.717) is 0 Å². The van der Waals surface area contributed by atoms with E-state index in [-0.39, 0.29) is 12.2 Å². The molecule has 0 aliphatic carbocycles. The van der Waals surface area contributed by atoms with Crippen molar-refractivity contribution in [2.75, 3.05) is 7.11 Å². The van der Waals surface area contributed by atoms with E-state index < -0.39 is 17.7 Å². The zero-order chi connectivity index (χ0) is 17.0. The smallest absolute Gasteiger partial charge is 0.393 e. The Balaban J connectivity index is 1.92. The van der Waals surface area contributed by atoms with Gasteiger partial charge in [-0.05, 0) is 17.2 Å². The van der Waals surface area contributed by atoms with Gasteiger partial charge in [-0.2, -0.15) is 0 Å². The highest BCUT2D eigenvalue weighted by Crippen LogP contribution is 2.33. The van der Waals surface area contributed by atoms with E-state index in [4.69, 9.17) is 14.2 Å². The highest BCUT2D eigenvalue weighted by atomic mass is 16.8. The van der Waals surface area contributed by atoms with Crippen LogP contribution in [0.1, 0.15) is 11.1 Å². The van der Waals surface area contributed by atoms with Crippen molar-refractivity contribution in [1.29, 1.82) is 0 Å². The average molecular weight is 324 g/mol. The second kappa shape index (κ2) is 6.58. The Morgan fingerprint density at radius 2 is 1.67 bits per heavy atom. The van der Waals surface area contributed by atoms with Gasteiger partial charge in [0.15, 0.2) is 0 Å². The predicted octanol–water partition coefficient (Wildman–Crippen LogP) is 2.71. The minimum absolute atomic E-state index is 0.0254. The average Bonchev–Trinajstić information content (AvgIpc) is 2.92. The Morgan fingerprint density at radius 3 is 2.29 bits per heavy atom. The molecular formula is C19H16O5. The minimum atomic E-state index is -1.80. The zero-order valence-corrected chi connectivity index (χ0v) is 13.1. The summed E-state index contributed by atoms with van der Waals surface area (Å²) in [6, 6.07) is 18.3. The molecule has 3 rings (SSSR count). The molecule has 0 bridgehead atoms. The molecule has 0 aromatic heterocycles. The lowest BCUT2D eigenvalue weighted by Crippen LogP contribution is -2.43. The first-order valence-corrected chi connectivity index (χ1v) is 7.44. The van der Waals surface area contributed by atoms with Crippen molar-refractivity contribution in [3.05, 3.63) is 77.5 Å². The van der Waals surface area contributed by atoms with Gasteiger partial charge in [0.2, 0.25) is 5.76 Å². The van der Waals surface area contributed by atoms with Crippen LogP contribution in [0, 0.1) is 0 Å². The number of carbonyl (C=O) groups is 2. The summed E-state index contributed by atoms with van der Waals surface area (Å²) in [7, 11) is 1.23. The van der Waals surface area contributed by atoms with E-state index in [9.17, 15) is 9.59 Å². The number of hydrogen-bond donors (Lipinski definition) is 0. The van der Waals surface area contributed by atoms with E-state index in [1.54, 1.807) is 0 Å². The molecule has 0 N–H and O–H groups in total. The Hall–Kier alpha value is -3.08. The highest BCUT2D eigenvalue weighted by molar-refractivity contribution is 5.97. The third-order valence-corrected chi connectivity index (χ3v) is 3.61. The molecule has 0 saturated carbocycles. The van der Waals surface area contributed by atoms with Crippen LogP contribution in [0.4, 0.5) is 0 Å². The summed E-state index contributed by atoms with van der Waals surface area (Å²) in [4.78, 5) is 24.4. The SMILES string of the molecule is COC(=O)[C@@]1(Cc2ccccc2)OC(=O)/C(=C\c2ccccc2)O1. The summed E-state index contributed by atoms with van der Waals surface area (Å²) in [5, 5.41) is 0. The van der Waals surface area contributed by atoms with Crippen molar-refractivity contribution in [3.8, 4) is 0 Å². The van der Waals surface area contributed by atoms with E-state index >= 15 is 0 Å². The van der Waals surface area contributed by atoms with Crippen LogP contribution in [0.2, 0.25) is 0 Å². The van der Waals surface area contributed by atoms with Gasteiger partial charge in [0.1, 0.15) is 0 Å². The fraction of sp³-hybridized carbons (Fsp3) is 0.158. The molecule has 0 amide bonds. The lowest BCUT2D eigenvalue weighted by molar-refractivity contribution is -0.202. The van der Waals surface area contributed by atoms with Gasteiger partial charge in [0.25, 0.3) is 0 Å². The topological polar surface area (TPSA) is 61.8 Å². The van der Waals surface area contributed by atoms with Crippen molar-refractivity contribution in [1.82, 2.24) is 0 Å². The van der Waals surface area contributed by atoms with Crippen LogP contribution in [-0.4, -0.2) is 24.8 Å². The fourth-order valence-electron chi connectivity index (χ4n) is 2.48. The summed E-state index contributed by atoms with van der Waals surface area (Å²) in [5.41, 5.74) is 1.56. The molecular weight excluding hydrogens is 308 g/mol. The first-order valence-electron chi connectivity index (χ1n) is 7.44. The summed E-state index contributed by atoms with van der Waals surface area (Å²) < 4.78 is 15.7. The molecule has 0 radical (unpaired) electrons. The maximum atomic E-state index is 12.2. The molecule has 1 atom stereocenters. The maximum Gasteiger partial charge on any atom is 0.393 e. The largest absolute Gasteiger partial charge is 0.463 e. The molecule has 1 saturated heterocycles. The van der Waals surface area contributed by atoms with E-state index in [1.807, 2.05) is 60.7 Å². The fourth-order valence-corrected chi connectivity index (χ4v) is 2.48. The van der Waals surface area contributed by atoms with Crippen LogP contribution in [0.25, 0.3) is 6.08 Å². The van der Waals surface area contributed by atoms with Gasteiger partial charge in [-0.3, -0.25) is 0 Å². The first kappa shape index (κ1) is 15.8. The van der Waals surface area contributed by atoms with Crippen molar-refractivity contribution < 1.29 is 23.8 Å². The molecule has 1 fully saturated rings. The van der Waals surface area contributed by atoms with Gasteiger partial charge in [0.05, 0.1) is 13.5 Å². The zero-order valence-electron chi connectivity index (χ0n) is 13.1. The van der Waals surface area contributed by atoms with Gasteiger partial charge >= 0.3 is 17.7 Å². The van der Waals surface area contributed by atoms with Crippen molar-refractivity contribution in [2.24, 2.45) is 0 Å². The Labute approximate surface area is 139 Å². The number of benzene rings is 2. The molecule has 24 heavy (non-hydrogen) atoms. The lowest BCUT2D eigenvalue weighted by Gasteiger charge is -2.23. The summed E-state index contributed by atoms with van der Waals surface area (Å²) >= 11 is 0. The number of carbonyl (C=O) groups excluding carboxylic acids is 2. The van der Waals surface area contributed by atoms with Gasteiger partial charge in [-0.25, -0.2) is 9.59 Å². The van der Waals surface area contributed by atoms with E-state index in [1.165, 1.54) is 13.2 Å². The second-order valence-electron chi connectivity index (χ2n) is 5.32. The minimum Gasteiger partial charge on any atom is -0.463 e. The number of ether oxygens (including phenoxy) is 3. The molecule has 2 aromatic carbocycles. The normalized spacial score (nSPS) is 21.2. The Morgan fingerprint density at radius 1 is 1.04 bits per heavy atom. The predicted molar refractivity (Wildman–Crippen MR) is 86.5 cm³/mol. The number of esters is 2. The summed E-state index contributed by atoms with van der Waals surface area (Å²) in [6.07, 6.45) is 1.61. The first-order chi connectivity index (χ1) is 11.6. The molecule has 5 heteroatoms. The van der Waals surface area contributed by atoms with Gasteiger partial charge in [-0.1, -0.05) is 60.7 Å². The number of rotatable bonds is 4. The lowest BCUT2D eigenvalue weighted by atomic mass is 10.1. The number of methoxy groups -OCH3 is 1. The van der Waals surface area contributed by atoms with Gasteiger partial charge < -0.3 is 14.2 Å². The van der Waals surface area contributed by atoms with Crippen LogP contribution in [0.15, 0.2) is 66.4 Å². The van der Waals surface area contributed by atoms with Crippen LogP contribution < -0.4 is 0 Å². The maximum absolute atomic E-state index is 12.2. The van der Waals surface area contributed by atoms with Crippen LogP contribution >= 0.6 is 0 Å². The Kier molecular flexibility index (Phi) is 4.33. The van der Waals surface area contributed by atoms with Crippen molar-refractivity contribution in [2.45, 2.75) is 12.2 Å². The quantitative estimate of drug-likeness (QED) is 0.639. The highest BCUT2D eigenvalue weighted by Gasteiger charge is 2.53. The standard InChI is InChI=1S/C19H16O5/c1-22-18(21)19(13-15-10-6-3-7-11-15)23-16(17(20)24-19)12-14-8-4-2-5-9-14/h2-12H,13H2,1H3/b16-12+/t19-/m1/s1. The monoisotopic (exact) mass is 324 g/mol. The summed E-state index contributed by atoms with van der Waals surface area (Å²) in [5.74, 6) is -3.27. The molecule has 2 aromatic rings. The van der Waals surface area contributed by atoms with Crippen LogP contribution in [0.5, 0.6) is 0 Å². The molecule has 0 spiro atoms. The summed E-state index contributed by atoms with van der Waals surface area (Å²) in [6.45, 7) is 0. The third kappa shape index (κ3) is 3.15. The Bertz CT molecular complexity index is 767. The molecule has 1 aliphatic heterocycles. The van der Waals surface area contributed by atoms with Crippen LogP contribution in [0.3, 0.4) is 0 Å². The third-order valence-electron chi connectivity index (χ3n) is 3.61. The van der Waals surface area contributed by atoms with Crippen molar-refractivity contribution >= 4 is 18.0 Å². The molecule has 122 valence electrons. The second-order valence-corrected chi connectivity index (χ2v) is 5.32. The van der Waals surface area contributed by atoms with Crippen molar-refractivity contribution in [3.63, 3.8) is 0 Å². The van der Waals surface area contributed by atoms with Gasteiger partial charge in [0, 0.05) is 0 Å². The number of cyclic esters (lactones) is 1. The van der Waals surface area contributed by atoms with Gasteiger partial charge in [-0.15, -0.1) is 0 Å². The van der Waals surface area contributed by atoms with E-state index in [0.717, 1.165) is 11.1 Å². The number of hydrogen-bond acceptors (Lipinski definition) is 5. The van der Waals surface area contributed by atoms with Crippen LogP contribution in [-0.2, 0) is 30.2 Å². The molecule has 1 aliphatic rings.